The third-order valence-electron chi connectivity index (χ3n) is 4.62. The molecule has 0 aliphatic rings. The summed E-state index contributed by atoms with van der Waals surface area (Å²) in [4.78, 5) is 12.7. The van der Waals surface area contributed by atoms with Gasteiger partial charge in [0.25, 0.3) is 0 Å². The Morgan fingerprint density at radius 1 is 0.935 bits per heavy atom. The summed E-state index contributed by atoms with van der Waals surface area (Å²) >= 11 is 0. The Balaban J connectivity index is 2.27. The van der Waals surface area contributed by atoms with Gasteiger partial charge in [-0.1, -0.05) is 0 Å². The first-order chi connectivity index (χ1) is 14.6. The van der Waals surface area contributed by atoms with Gasteiger partial charge in [0.15, 0.2) is 11.5 Å². The number of carbonyl (C=O) groups is 1. The van der Waals surface area contributed by atoms with Crippen LogP contribution >= 0.6 is 0 Å². The van der Waals surface area contributed by atoms with E-state index in [1.807, 2.05) is 0 Å². The third kappa shape index (κ3) is 5.94. The zero-order chi connectivity index (χ0) is 23.2. The fourth-order valence-corrected chi connectivity index (χ4v) is 3.90. The Hall–Kier alpha value is -3.14. The highest BCUT2D eigenvalue weighted by atomic mass is 32.2. The summed E-state index contributed by atoms with van der Waals surface area (Å²) in [5.74, 6) is 1.50. The van der Waals surface area contributed by atoms with Crippen molar-refractivity contribution in [3.8, 4) is 23.0 Å². The highest BCUT2D eigenvalue weighted by molar-refractivity contribution is 7.92. The minimum Gasteiger partial charge on any atom is -0.497 e. The normalized spacial score (nSPS) is 11.9. The number of benzene rings is 2. The maximum absolute atomic E-state index is 12.7. The van der Waals surface area contributed by atoms with E-state index in [-0.39, 0.29) is 5.69 Å². The zero-order valence-corrected chi connectivity index (χ0v) is 19.3. The molecule has 0 aliphatic heterocycles. The van der Waals surface area contributed by atoms with Crippen LogP contribution in [0.3, 0.4) is 0 Å². The Morgan fingerprint density at radius 2 is 1.55 bits per heavy atom. The van der Waals surface area contributed by atoms with Crippen molar-refractivity contribution in [2.75, 3.05) is 45.5 Å². The molecule has 0 aliphatic carbocycles. The van der Waals surface area contributed by atoms with Gasteiger partial charge in [0.1, 0.15) is 18.0 Å². The number of anilines is 1. The maximum Gasteiger partial charge on any atom is 0.241 e. The topological polar surface area (TPSA) is 103 Å². The summed E-state index contributed by atoms with van der Waals surface area (Å²) < 4.78 is 46.8. The number of nitrogens with one attached hydrogen (secondary N) is 1. The van der Waals surface area contributed by atoms with E-state index >= 15 is 0 Å². The summed E-state index contributed by atoms with van der Waals surface area (Å²) in [7, 11) is 2.25. The maximum atomic E-state index is 12.7. The Bertz CT molecular complexity index is 1020. The molecule has 170 valence electrons. The van der Waals surface area contributed by atoms with Crippen LogP contribution in [0.4, 0.5) is 5.69 Å². The Kier molecular flexibility index (Phi) is 7.98. The van der Waals surface area contributed by atoms with Crippen molar-refractivity contribution in [3.05, 3.63) is 42.0 Å². The van der Waals surface area contributed by atoms with Gasteiger partial charge in [-0.15, -0.1) is 0 Å². The number of sulfonamides is 1. The molecule has 1 amide bonds. The van der Waals surface area contributed by atoms with Gasteiger partial charge < -0.3 is 24.3 Å². The number of nitrogens with zero attached hydrogens (tertiary/aromatic N) is 1. The molecular formula is C21H28N2O7S. The van der Waals surface area contributed by atoms with Crippen LogP contribution in [0.1, 0.15) is 18.5 Å². The van der Waals surface area contributed by atoms with E-state index in [0.717, 1.165) is 10.6 Å². The second kappa shape index (κ2) is 10.3. The fourth-order valence-electron chi connectivity index (χ4n) is 3.05. The highest BCUT2D eigenvalue weighted by Gasteiger charge is 2.24. The van der Waals surface area contributed by atoms with Gasteiger partial charge in [0, 0.05) is 11.6 Å². The molecule has 0 saturated carbocycles. The summed E-state index contributed by atoms with van der Waals surface area (Å²) in [6.45, 7) is 1.36. The summed E-state index contributed by atoms with van der Waals surface area (Å²) in [6.07, 6.45) is 1.03. The van der Waals surface area contributed by atoms with E-state index in [1.54, 1.807) is 44.4 Å². The average Bonchev–Trinajstić information content (AvgIpc) is 2.75. The van der Waals surface area contributed by atoms with Crippen LogP contribution in [0.2, 0.25) is 0 Å². The largest absolute Gasteiger partial charge is 0.497 e. The van der Waals surface area contributed by atoms with Gasteiger partial charge in [-0.3, -0.25) is 9.10 Å². The van der Waals surface area contributed by atoms with Crippen LogP contribution in [0.25, 0.3) is 0 Å². The van der Waals surface area contributed by atoms with E-state index in [4.69, 9.17) is 18.9 Å². The van der Waals surface area contributed by atoms with E-state index in [2.05, 4.69) is 5.32 Å². The number of amides is 1. The van der Waals surface area contributed by atoms with Crippen LogP contribution in [0.15, 0.2) is 36.4 Å². The van der Waals surface area contributed by atoms with Crippen LogP contribution in [0, 0.1) is 0 Å². The van der Waals surface area contributed by atoms with Crippen molar-refractivity contribution in [1.82, 2.24) is 5.32 Å². The molecule has 0 radical (unpaired) electrons. The third-order valence-corrected chi connectivity index (χ3v) is 5.76. The predicted molar refractivity (Wildman–Crippen MR) is 118 cm³/mol. The molecule has 0 saturated heterocycles. The lowest BCUT2D eigenvalue weighted by atomic mass is 10.1. The van der Waals surface area contributed by atoms with Gasteiger partial charge in [-0.2, -0.15) is 0 Å². The fraction of sp³-hybridized carbons (Fsp3) is 0.381. The van der Waals surface area contributed by atoms with Gasteiger partial charge in [-0.05, 0) is 37.3 Å². The second-order valence-corrected chi connectivity index (χ2v) is 8.61. The summed E-state index contributed by atoms with van der Waals surface area (Å²) in [5, 5.41) is 2.81. The lowest BCUT2D eigenvalue weighted by Crippen LogP contribution is -2.41. The first kappa shape index (κ1) is 24.1. The van der Waals surface area contributed by atoms with Crippen molar-refractivity contribution in [2.45, 2.75) is 13.0 Å². The number of hydrogen-bond acceptors (Lipinski definition) is 7. The summed E-state index contributed by atoms with van der Waals surface area (Å²) in [6, 6.07) is 9.42. The van der Waals surface area contributed by atoms with Gasteiger partial charge in [0.2, 0.25) is 15.9 Å². The molecule has 0 aromatic heterocycles. The monoisotopic (exact) mass is 452 g/mol. The molecule has 0 unspecified atom stereocenters. The molecule has 31 heavy (non-hydrogen) atoms. The van der Waals surface area contributed by atoms with Gasteiger partial charge in [0.05, 0.1) is 46.4 Å². The van der Waals surface area contributed by atoms with Crippen LogP contribution in [-0.2, 0) is 14.8 Å². The summed E-state index contributed by atoms with van der Waals surface area (Å²) in [5.41, 5.74) is 0.981. The smallest absolute Gasteiger partial charge is 0.241 e. The zero-order valence-electron chi connectivity index (χ0n) is 18.5. The lowest BCUT2D eigenvalue weighted by Gasteiger charge is -2.24. The Labute approximate surface area is 182 Å². The van der Waals surface area contributed by atoms with E-state index in [1.165, 1.54) is 27.4 Å². The number of hydrogen-bond donors (Lipinski definition) is 1. The van der Waals surface area contributed by atoms with Crippen molar-refractivity contribution >= 4 is 21.6 Å². The average molecular weight is 453 g/mol. The molecule has 10 heteroatoms. The van der Waals surface area contributed by atoms with Crippen molar-refractivity contribution in [1.29, 1.82) is 0 Å². The molecule has 1 N–H and O–H groups in total. The SMILES string of the molecule is COc1ccc(OC)c([C@H](C)NC(=O)CN(c2ccc(OC)c(OC)c2)S(C)(=O)=O)c1. The molecule has 0 bridgehead atoms. The standard InChI is InChI=1S/C21H28N2O7S/c1-14(17-12-16(27-2)8-10-18(17)28-3)22-21(24)13-23(31(6,25)26)15-7-9-19(29-4)20(11-15)30-5/h7-12,14H,13H2,1-6H3,(H,22,24)/t14-/m0/s1. The van der Waals surface area contributed by atoms with Crippen molar-refractivity contribution < 1.29 is 32.2 Å². The molecule has 9 nitrogen and oxygen atoms in total. The molecule has 2 aromatic carbocycles. The van der Waals surface area contributed by atoms with E-state index < -0.39 is 28.5 Å². The second-order valence-electron chi connectivity index (χ2n) is 6.71. The predicted octanol–water partition coefficient (Wildman–Crippen LogP) is 2.36. The minimum atomic E-state index is -3.75. The molecule has 0 spiro atoms. The van der Waals surface area contributed by atoms with Gasteiger partial charge >= 0.3 is 0 Å². The molecular weight excluding hydrogens is 424 g/mol. The first-order valence-corrected chi connectivity index (χ1v) is 11.2. The minimum absolute atomic E-state index is 0.280. The number of methoxy groups -OCH3 is 4. The molecule has 2 rings (SSSR count). The van der Waals surface area contributed by atoms with Crippen LogP contribution in [0.5, 0.6) is 23.0 Å². The van der Waals surface area contributed by atoms with E-state index in [9.17, 15) is 13.2 Å². The Morgan fingerprint density at radius 3 is 2.10 bits per heavy atom. The van der Waals surface area contributed by atoms with Crippen molar-refractivity contribution in [3.63, 3.8) is 0 Å². The molecule has 0 fully saturated rings. The van der Waals surface area contributed by atoms with Crippen LogP contribution < -0.4 is 28.6 Å². The first-order valence-electron chi connectivity index (χ1n) is 9.35. The molecule has 2 aromatic rings. The molecule has 1 atom stereocenters. The quantitative estimate of drug-likeness (QED) is 0.590. The number of ether oxygens (including phenoxy) is 4. The lowest BCUT2D eigenvalue weighted by molar-refractivity contribution is -0.120. The van der Waals surface area contributed by atoms with Crippen LogP contribution in [-0.4, -0.2) is 55.6 Å². The number of rotatable bonds is 10. The van der Waals surface area contributed by atoms with Crippen molar-refractivity contribution in [2.24, 2.45) is 0 Å². The van der Waals surface area contributed by atoms with Gasteiger partial charge in [-0.25, -0.2) is 8.42 Å². The molecule has 0 heterocycles. The number of carbonyl (C=O) groups excluding carboxylic acids is 1. The highest BCUT2D eigenvalue weighted by Crippen LogP contribution is 2.33. The van der Waals surface area contributed by atoms with E-state index in [0.29, 0.717) is 28.6 Å².